The molecule has 0 saturated heterocycles. The molecule has 0 aromatic rings. The second kappa shape index (κ2) is 6.49. The normalized spacial score (nSPS) is 21.8. The fourth-order valence-corrected chi connectivity index (χ4v) is 2.60. The lowest BCUT2D eigenvalue weighted by Gasteiger charge is -2.24. The molecule has 1 rings (SSSR count). The molecule has 0 bridgehead atoms. The Hall–Kier alpha value is -0.0800. The monoisotopic (exact) mass is 212 g/mol. The van der Waals surface area contributed by atoms with Crippen LogP contribution in [-0.2, 0) is 0 Å². The van der Waals surface area contributed by atoms with Crippen molar-refractivity contribution in [3.8, 4) is 0 Å². The van der Waals surface area contributed by atoms with Crippen molar-refractivity contribution in [3.05, 3.63) is 0 Å². The number of rotatable bonds is 7. The van der Waals surface area contributed by atoms with Crippen molar-refractivity contribution < 1.29 is 0 Å². The summed E-state index contributed by atoms with van der Waals surface area (Å²) >= 11 is 0. The van der Waals surface area contributed by atoms with Crippen LogP contribution in [0.4, 0.5) is 0 Å². The van der Waals surface area contributed by atoms with E-state index in [0.29, 0.717) is 11.5 Å². The lowest BCUT2D eigenvalue weighted by molar-refractivity contribution is 0.312. The van der Waals surface area contributed by atoms with Gasteiger partial charge in [0.2, 0.25) is 0 Å². The van der Waals surface area contributed by atoms with Crippen LogP contribution in [0.25, 0.3) is 0 Å². The van der Waals surface area contributed by atoms with E-state index in [0.717, 1.165) is 13.0 Å². The Bertz CT molecular complexity index is 162. The largest absolute Gasteiger partial charge is 0.328 e. The van der Waals surface area contributed by atoms with Crippen LogP contribution in [-0.4, -0.2) is 19.1 Å². The molecule has 0 aromatic heterocycles. The van der Waals surface area contributed by atoms with Crippen LogP contribution >= 0.6 is 0 Å². The average molecular weight is 212 g/mol. The molecule has 0 radical (unpaired) electrons. The Morgan fingerprint density at radius 2 is 1.93 bits per heavy atom. The van der Waals surface area contributed by atoms with Gasteiger partial charge >= 0.3 is 0 Å². The van der Waals surface area contributed by atoms with Gasteiger partial charge in [0, 0.05) is 12.6 Å². The first kappa shape index (κ1) is 13.0. The molecule has 0 aromatic carbocycles. The molecule has 1 saturated carbocycles. The van der Waals surface area contributed by atoms with Crippen molar-refractivity contribution in [3.63, 3.8) is 0 Å². The van der Waals surface area contributed by atoms with Gasteiger partial charge in [-0.25, -0.2) is 0 Å². The van der Waals surface area contributed by atoms with Crippen LogP contribution in [0.5, 0.6) is 0 Å². The number of nitrogens with two attached hydrogens (primary N) is 1. The van der Waals surface area contributed by atoms with Gasteiger partial charge in [-0.05, 0) is 37.6 Å². The maximum Gasteiger partial charge on any atom is 0.00508 e. The number of hydrogen-bond acceptors (Lipinski definition) is 2. The van der Waals surface area contributed by atoms with Crippen LogP contribution in [0.1, 0.15) is 58.8 Å². The van der Waals surface area contributed by atoms with E-state index in [4.69, 9.17) is 5.73 Å². The van der Waals surface area contributed by atoms with Crippen LogP contribution in [0.2, 0.25) is 0 Å². The van der Waals surface area contributed by atoms with Crippen LogP contribution in [0.3, 0.4) is 0 Å². The Morgan fingerprint density at radius 1 is 1.27 bits per heavy atom. The highest BCUT2D eigenvalue weighted by Crippen LogP contribution is 2.36. The van der Waals surface area contributed by atoms with Gasteiger partial charge in [0.15, 0.2) is 0 Å². The summed E-state index contributed by atoms with van der Waals surface area (Å²) in [6.07, 6.45) is 9.16. The molecule has 1 aliphatic rings. The average Bonchev–Trinajstić information content (AvgIpc) is 2.61. The molecule has 1 unspecified atom stereocenters. The molecular weight excluding hydrogens is 184 g/mol. The van der Waals surface area contributed by atoms with E-state index in [2.05, 4.69) is 19.2 Å². The van der Waals surface area contributed by atoms with Gasteiger partial charge in [-0.15, -0.1) is 0 Å². The lowest BCUT2D eigenvalue weighted by Crippen LogP contribution is -2.33. The summed E-state index contributed by atoms with van der Waals surface area (Å²) in [7, 11) is 0. The summed E-state index contributed by atoms with van der Waals surface area (Å²) in [5, 5.41) is 3.58. The highest BCUT2D eigenvalue weighted by Gasteiger charge is 2.27. The minimum absolute atomic E-state index is 0.402. The summed E-state index contributed by atoms with van der Waals surface area (Å²) in [5.41, 5.74) is 6.55. The van der Waals surface area contributed by atoms with Crippen molar-refractivity contribution in [2.45, 2.75) is 64.8 Å². The molecule has 15 heavy (non-hydrogen) atoms. The number of nitrogens with one attached hydrogen (secondary N) is 1. The molecule has 1 atom stereocenters. The summed E-state index contributed by atoms with van der Waals surface area (Å²) in [6, 6.07) is 0.402. The molecule has 0 heterocycles. The molecule has 2 nitrogen and oxygen atoms in total. The Morgan fingerprint density at radius 3 is 2.53 bits per heavy atom. The van der Waals surface area contributed by atoms with Crippen molar-refractivity contribution in [1.82, 2.24) is 5.32 Å². The van der Waals surface area contributed by atoms with Gasteiger partial charge in [0.1, 0.15) is 0 Å². The summed E-state index contributed by atoms with van der Waals surface area (Å²) in [5.74, 6) is 0. The zero-order valence-corrected chi connectivity index (χ0v) is 10.5. The van der Waals surface area contributed by atoms with Crippen LogP contribution in [0, 0.1) is 5.41 Å². The third-order valence-corrected chi connectivity index (χ3v) is 3.71. The molecule has 1 fully saturated rings. The highest BCUT2D eigenvalue weighted by molar-refractivity contribution is 4.82. The Kier molecular flexibility index (Phi) is 5.62. The predicted molar refractivity (Wildman–Crippen MR) is 66.9 cm³/mol. The first-order valence-electron chi connectivity index (χ1n) is 6.62. The molecule has 90 valence electrons. The van der Waals surface area contributed by atoms with Gasteiger partial charge in [0.25, 0.3) is 0 Å². The molecule has 0 spiro atoms. The van der Waals surface area contributed by atoms with Gasteiger partial charge < -0.3 is 11.1 Å². The summed E-state index contributed by atoms with van der Waals surface area (Å²) in [6.45, 7) is 6.90. The van der Waals surface area contributed by atoms with E-state index in [1.54, 1.807) is 0 Å². The van der Waals surface area contributed by atoms with E-state index in [1.165, 1.54) is 45.1 Å². The van der Waals surface area contributed by atoms with E-state index in [-0.39, 0.29) is 0 Å². The molecule has 3 N–H and O–H groups in total. The highest BCUT2D eigenvalue weighted by atomic mass is 14.9. The lowest BCUT2D eigenvalue weighted by atomic mass is 9.89. The molecule has 2 heteroatoms. The standard InChI is InChI=1S/C13H28N2/c1-3-6-12(14)7-10-15-11-13(2)8-4-5-9-13/h12,15H,3-11,14H2,1-2H3. The smallest absolute Gasteiger partial charge is 0.00508 e. The maximum atomic E-state index is 5.97. The van der Waals surface area contributed by atoms with E-state index >= 15 is 0 Å². The molecular formula is C13H28N2. The number of hydrogen-bond donors (Lipinski definition) is 2. The molecule has 0 aliphatic heterocycles. The third-order valence-electron chi connectivity index (χ3n) is 3.71. The van der Waals surface area contributed by atoms with Gasteiger partial charge in [0.05, 0.1) is 0 Å². The second-order valence-corrected chi connectivity index (χ2v) is 5.53. The first-order valence-corrected chi connectivity index (χ1v) is 6.62. The van der Waals surface area contributed by atoms with Crippen molar-refractivity contribution in [1.29, 1.82) is 0 Å². The SMILES string of the molecule is CCCC(N)CCNCC1(C)CCCC1. The topological polar surface area (TPSA) is 38.0 Å². The quantitative estimate of drug-likeness (QED) is 0.637. The first-order chi connectivity index (χ1) is 7.16. The molecule has 1 aliphatic carbocycles. The Labute approximate surface area is 95.0 Å². The van der Waals surface area contributed by atoms with Crippen molar-refractivity contribution in [2.24, 2.45) is 11.1 Å². The maximum absolute atomic E-state index is 5.97. The van der Waals surface area contributed by atoms with E-state index in [1.807, 2.05) is 0 Å². The van der Waals surface area contributed by atoms with Crippen LogP contribution < -0.4 is 11.1 Å². The van der Waals surface area contributed by atoms with E-state index < -0.39 is 0 Å². The van der Waals surface area contributed by atoms with Crippen molar-refractivity contribution >= 4 is 0 Å². The Balaban J connectivity index is 2.01. The minimum Gasteiger partial charge on any atom is -0.328 e. The minimum atomic E-state index is 0.402. The second-order valence-electron chi connectivity index (χ2n) is 5.53. The van der Waals surface area contributed by atoms with Gasteiger partial charge in [-0.1, -0.05) is 33.1 Å². The summed E-state index contributed by atoms with van der Waals surface area (Å²) < 4.78 is 0. The summed E-state index contributed by atoms with van der Waals surface area (Å²) in [4.78, 5) is 0. The fraction of sp³-hybridized carbons (Fsp3) is 1.00. The molecule has 0 amide bonds. The van der Waals surface area contributed by atoms with Gasteiger partial charge in [-0.3, -0.25) is 0 Å². The zero-order chi connectivity index (χ0) is 11.1. The third kappa shape index (κ3) is 4.98. The van der Waals surface area contributed by atoms with Crippen LogP contribution in [0.15, 0.2) is 0 Å². The van der Waals surface area contributed by atoms with E-state index in [9.17, 15) is 0 Å². The fourth-order valence-electron chi connectivity index (χ4n) is 2.60. The predicted octanol–water partition coefficient (Wildman–Crippen LogP) is 2.67. The zero-order valence-electron chi connectivity index (χ0n) is 10.5. The van der Waals surface area contributed by atoms with Crippen molar-refractivity contribution in [2.75, 3.05) is 13.1 Å². The van der Waals surface area contributed by atoms with Gasteiger partial charge in [-0.2, -0.15) is 0 Å².